The van der Waals surface area contributed by atoms with E-state index < -0.39 is 0 Å². The molecule has 0 spiro atoms. The molecule has 1 N–H and O–H groups in total. The maximum absolute atomic E-state index is 11.2. The molecule has 4 nitrogen and oxygen atoms in total. The molecule has 1 heterocycles. The molecular weight excluding hydrogens is 320 g/mol. The number of unbranched alkanes of at least 4 members (excludes halogenated alkanes) is 3. The van der Waals surface area contributed by atoms with E-state index in [1.165, 1.54) is 44.3 Å². The molecular formula is C15H27BrN2O2. The summed E-state index contributed by atoms with van der Waals surface area (Å²) in [4.78, 5) is 14.5. The van der Waals surface area contributed by atoms with Crippen molar-refractivity contribution in [1.29, 1.82) is 0 Å². The number of imidazole rings is 1. The number of carbonyl (C=O) groups excluding carboxylic acids is 1. The summed E-state index contributed by atoms with van der Waals surface area (Å²) in [5, 5.41) is 0. The van der Waals surface area contributed by atoms with Gasteiger partial charge >= 0.3 is 5.97 Å². The Morgan fingerprint density at radius 1 is 1.25 bits per heavy atom. The van der Waals surface area contributed by atoms with Gasteiger partial charge in [-0.1, -0.05) is 26.2 Å². The second kappa shape index (κ2) is 10.9. The Morgan fingerprint density at radius 2 is 2.00 bits per heavy atom. The molecule has 0 aliphatic heterocycles. The Balaban J connectivity index is 0.00000361. The van der Waals surface area contributed by atoms with Gasteiger partial charge < -0.3 is 21.7 Å². The molecule has 1 aromatic heterocycles. The van der Waals surface area contributed by atoms with Crippen LogP contribution >= 0.6 is 0 Å². The van der Waals surface area contributed by atoms with Crippen LogP contribution in [0.1, 0.15) is 57.5 Å². The zero-order chi connectivity index (χ0) is 14.1. The number of carbonyl (C=O) groups is 1. The quantitative estimate of drug-likeness (QED) is 0.374. The largest absolute Gasteiger partial charge is 1.00 e. The first-order valence-electron chi connectivity index (χ1n) is 7.38. The fourth-order valence-electron chi connectivity index (χ4n) is 2.36. The SMILES string of the molecule is CCCCCCc1[nH]cc(CCC(=O)OC)[n+]1CC.[Br-]. The highest BCUT2D eigenvalue weighted by Gasteiger charge is 2.16. The van der Waals surface area contributed by atoms with Crippen LogP contribution in [0, 0.1) is 0 Å². The molecule has 0 aromatic carbocycles. The number of halogens is 1. The van der Waals surface area contributed by atoms with Crippen LogP contribution in [-0.4, -0.2) is 18.1 Å². The van der Waals surface area contributed by atoms with Crippen molar-refractivity contribution < 1.29 is 31.1 Å². The van der Waals surface area contributed by atoms with Gasteiger partial charge in [-0.05, 0) is 13.3 Å². The second-order valence-corrected chi connectivity index (χ2v) is 4.86. The average Bonchev–Trinajstić information content (AvgIpc) is 2.83. The van der Waals surface area contributed by atoms with Crippen molar-refractivity contribution >= 4 is 5.97 Å². The Hall–Kier alpha value is -0.840. The van der Waals surface area contributed by atoms with E-state index in [-0.39, 0.29) is 23.0 Å². The van der Waals surface area contributed by atoms with E-state index >= 15 is 0 Å². The third-order valence-corrected chi connectivity index (χ3v) is 3.47. The lowest BCUT2D eigenvalue weighted by Gasteiger charge is -2.02. The van der Waals surface area contributed by atoms with Crippen LogP contribution < -0.4 is 21.5 Å². The maximum atomic E-state index is 11.2. The van der Waals surface area contributed by atoms with E-state index in [1.54, 1.807) is 0 Å². The number of aryl methyl sites for hydroxylation is 2. The first kappa shape index (κ1) is 19.2. The molecule has 0 atom stereocenters. The minimum atomic E-state index is -0.145. The van der Waals surface area contributed by atoms with E-state index in [1.807, 2.05) is 6.20 Å². The van der Waals surface area contributed by atoms with Gasteiger partial charge in [-0.15, -0.1) is 0 Å². The van der Waals surface area contributed by atoms with Gasteiger partial charge in [0.1, 0.15) is 11.9 Å². The smallest absolute Gasteiger partial charge is 0.305 e. The summed E-state index contributed by atoms with van der Waals surface area (Å²) in [5.41, 5.74) is 1.19. The topological polar surface area (TPSA) is 46.0 Å². The molecule has 0 amide bonds. The van der Waals surface area contributed by atoms with Gasteiger partial charge in [-0.3, -0.25) is 4.79 Å². The summed E-state index contributed by atoms with van der Waals surface area (Å²) in [5.74, 6) is 1.13. The Bertz CT molecular complexity index is 391. The number of ether oxygens (including phenoxy) is 1. The fourth-order valence-corrected chi connectivity index (χ4v) is 2.36. The van der Waals surface area contributed by atoms with Crippen molar-refractivity contribution in [2.45, 2.75) is 65.3 Å². The molecule has 0 aliphatic carbocycles. The molecule has 0 fully saturated rings. The molecule has 20 heavy (non-hydrogen) atoms. The minimum absolute atomic E-state index is 0. The predicted molar refractivity (Wildman–Crippen MR) is 74.8 cm³/mol. The van der Waals surface area contributed by atoms with E-state index in [2.05, 4.69) is 28.1 Å². The number of esters is 1. The van der Waals surface area contributed by atoms with Crippen LogP contribution in [0.25, 0.3) is 0 Å². The first-order valence-corrected chi connectivity index (χ1v) is 7.38. The number of rotatable bonds is 9. The van der Waals surface area contributed by atoms with E-state index in [9.17, 15) is 4.79 Å². The molecule has 1 aromatic rings. The van der Waals surface area contributed by atoms with Gasteiger partial charge in [0.25, 0.3) is 5.82 Å². The Labute approximate surface area is 132 Å². The van der Waals surface area contributed by atoms with Gasteiger partial charge in [0.05, 0.1) is 20.1 Å². The number of nitrogens with zero attached hydrogens (tertiary/aromatic N) is 1. The Morgan fingerprint density at radius 3 is 2.60 bits per heavy atom. The summed E-state index contributed by atoms with van der Waals surface area (Å²) in [6.45, 7) is 5.32. The number of hydrogen-bond acceptors (Lipinski definition) is 2. The summed E-state index contributed by atoms with van der Waals surface area (Å²) < 4.78 is 6.97. The van der Waals surface area contributed by atoms with E-state index in [4.69, 9.17) is 0 Å². The molecule has 116 valence electrons. The molecule has 0 unspecified atom stereocenters. The molecule has 0 bridgehead atoms. The molecule has 0 aliphatic rings. The van der Waals surface area contributed by atoms with Crippen LogP contribution in [0.15, 0.2) is 6.20 Å². The summed E-state index contributed by atoms with van der Waals surface area (Å²) in [6.07, 6.45) is 9.40. The van der Waals surface area contributed by atoms with Gasteiger partial charge in [0, 0.05) is 12.8 Å². The van der Waals surface area contributed by atoms with Crippen molar-refractivity contribution in [3.8, 4) is 0 Å². The molecule has 1 rings (SSSR count). The van der Waals surface area contributed by atoms with Crippen molar-refractivity contribution in [3.05, 3.63) is 17.7 Å². The highest BCUT2D eigenvalue weighted by molar-refractivity contribution is 5.69. The van der Waals surface area contributed by atoms with Crippen molar-refractivity contribution in [1.82, 2.24) is 4.98 Å². The number of H-pyrrole nitrogens is 1. The Kier molecular flexibility index (Phi) is 10.4. The summed E-state index contributed by atoms with van der Waals surface area (Å²) >= 11 is 0. The minimum Gasteiger partial charge on any atom is -1.00 e. The zero-order valence-electron chi connectivity index (χ0n) is 12.9. The summed E-state index contributed by atoms with van der Waals surface area (Å²) in [6, 6.07) is 0. The standard InChI is InChI=1S/C15H26N2O2.BrH/c1-4-6-7-8-9-14-16-12-13(17(14)5-2)10-11-15(18)19-3;/h12H,4-11H2,1-3H3;1H. The number of aromatic amines is 1. The zero-order valence-corrected chi connectivity index (χ0v) is 14.5. The number of methoxy groups -OCH3 is 1. The van der Waals surface area contributed by atoms with Crippen LogP contribution in [0.4, 0.5) is 0 Å². The number of aromatic nitrogens is 2. The lowest BCUT2D eigenvalue weighted by Crippen LogP contribution is -3.00. The number of nitrogens with one attached hydrogen (secondary N) is 1. The maximum Gasteiger partial charge on any atom is 0.305 e. The van der Waals surface area contributed by atoms with Gasteiger partial charge in [-0.2, -0.15) is 0 Å². The molecule has 0 saturated carbocycles. The number of hydrogen-bond donors (Lipinski definition) is 1. The van der Waals surface area contributed by atoms with E-state index in [0.29, 0.717) is 6.42 Å². The molecule has 0 radical (unpaired) electrons. The average molecular weight is 347 g/mol. The van der Waals surface area contributed by atoms with Crippen LogP contribution in [0.3, 0.4) is 0 Å². The van der Waals surface area contributed by atoms with Crippen molar-refractivity contribution in [2.24, 2.45) is 0 Å². The fraction of sp³-hybridized carbons (Fsp3) is 0.733. The second-order valence-electron chi connectivity index (χ2n) is 4.86. The highest BCUT2D eigenvalue weighted by Crippen LogP contribution is 2.06. The first-order chi connectivity index (χ1) is 9.22. The van der Waals surface area contributed by atoms with Gasteiger partial charge in [0.2, 0.25) is 0 Å². The summed E-state index contributed by atoms with van der Waals surface area (Å²) in [7, 11) is 1.44. The molecule has 5 heteroatoms. The highest BCUT2D eigenvalue weighted by atomic mass is 79.9. The van der Waals surface area contributed by atoms with Crippen LogP contribution in [-0.2, 0) is 28.9 Å². The van der Waals surface area contributed by atoms with Crippen LogP contribution in [0.2, 0.25) is 0 Å². The van der Waals surface area contributed by atoms with Crippen molar-refractivity contribution in [3.63, 3.8) is 0 Å². The van der Waals surface area contributed by atoms with Crippen LogP contribution in [0.5, 0.6) is 0 Å². The monoisotopic (exact) mass is 346 g/mol. The van der Waals surface area contributed by atoms with Gasteiger partial charge in [-0.25, -0.2) is 9.55 Å². The lowest BCUT2D eigenvalue weighted by molar-refractivity contribution is -0.706. The lowest BCUT2D eigenvalue weighted by atomic mass is 10.1. The van der Waals surface area contributed by atoms with E-state index in [0.717, 1.165) is 19.4 Å². The molecule has 0 saturated heterocycles. The normalized spacial score (nSPS) is 10.2. The van der Waals surface area contributed by atoms with Gasteiger partial charge in [0.15, 0.2) is 0 Å². The third kappa shape index (κ3) is 6.07. The predicted octanol–water partition coefficient (Wildman–Crippen LogP) is -0.445. The third-order valence-electron chi connectivity index (χ3n) is 3.47. The van der Waals surface area contributed by atoms with Crippen molar-refractivity contribution in [2.75, 3.05) is 7.11 Å².